The molecule has 0 aliphatic rings. The van der Waals surface area contributed by atoms with E-state index in [2.05, 4.69) is 27.1 Å². The average molecular weight is 260 g/mol. The lowest BCUT2D eigenvalue weighted by atomic mass is 10.3. The van der Waals surface area contributed by atoms with Crippen LogP contribution in [0.5, 0.6) is 0 Å². The number of rotatable bonds is 5. The fourth-order valence-corrected chi connectivity index (χ4v) is 2.09. The molecule has 92 valence electrons. The number of nitrogens with zero attached hydrogens (tertiary/aromatic N) is 2. The molecular formula is C12H12N4OS. The third-order valence-electron chi connectivity index (χ3n) is 2.12. The lowest BCUT2D eigenvalue weighted by molar-refractivity contribution is 0.101. The molecule has 1 heterocycles. The standard InChI is InChI=1S/C12H12N4OS/c1-2-7-18-10-6-4-3-5-9(10)15-12(17)11-13-8-14-16-11/h2-6,8H,1,7H2,(H,15,17)(H,13,14,16). The van der Waals surface area contributed by atoms with Crippen molar-refractivity contribution in [2.75, 3.05) is 11.1 Å². The minimum absolute atomic E-state index is 0.193. The molecule has 2 rings (SSSR count). The lowest BCUT2D eigenvalue weighted by Crippen LogP contribution is -2.14. The van der Waals surface area contributed by atoms with Crippen LogP contribution in [0.25, 0.3) is 0 Å². The molecule has 2 N–H and O–H groups in total. The fourth-order valence-electron chi connectivity index (χ4n) is 1.34. The number of hydrogen-bond acceptors (Lipinski definition) is 4. The minimum atomic E-state index is -0.306. The van der Waals surface area contributed by atoms with Gasteiger partial charge in [-0.05, 0) is 12.1 Å². The van der Waals surface area contributed by atoms with E-state index in [1.807, 2.05) is 30.3 Å². The number of carbonyl (C=O) groups excluding carboxylic acids is 1. The van der Waals surface area contributed by atoms with Crippen LogP contribution in [-0.2, 0) is 0 Å². The van der Waals surface area contributed by atoms with Gasteiger partial charge in [0.05, 0.1) is 5.69 Å². The molecule has 0 spiro atoms. The zero-order chi connectivity index (χ0) is 12.8. The first kappa shape index (κ1) is 12.4. The van der Waals surface area contributed by atoms with E-state index in [-0.39, 0.29) is 11.7 Å². The molecule has 0 radical (unpaired) electrons. The van der Waals surface area contributed by atoms with Crippen molar-refractivity contribution in [3.05, 3.63) is 49.1 Å². The van der Waals surface area contributed by atoms with Crippen molar-refractivity contribution in [2.45, 2.75) is 4.90 Å². The number of aromatic nitrogens is 3. The second-order valence-electron chi connectivity index (χ2n) is 3.38. The van der Waals surface area contributed by atoms with E-state index in [9.17, 15) is 4.79 Å². The highest BCUT2D eigenvalue weighted by Crippen LogP contribution is 2.27. The van der Waals surface area contributed by atoms with Crippen LogP contribution in [0.4, 0.5) is 5.69 Å². The molecule has 0 aliphatic heterocycles. The highest BCUT2D eigenvalue weighted by Gasteiger charge is 2.10. The average Bonchev–Trinajstić information content (AvgIpc) is 2.91. The first-order valence-electron chi connectivity index (χ1n) is 5.30. The van der Waals surface area contributed by atoms with Gasteiger partial charge < -0.3 is 5.32 Å². The molecule has 0 aliphatic carbocycles. The Hall–Kier alpha value is -2.08. The maximum Gasteiger partial charge on any atom is 0.293 e. The summed E-state index contributed by atoms with van der Waals surface area (Å²) in [5, 5.41) is 8.96. The maximum atomic E-state index is 11.8. The number of amides is 1. The number of hydrogen-bond donors (Lipinski definition) is 2. The van der Waals surface area contributed by atoms with E-state index < -0.39 is 0 Å². The van der Waals surface area contributed by atoms with Gasteiger partial charge in [-0.3, -0.25) is 9.89 Å². The molecule has 5 nitrogen and oxygen atoms in total. The molecule has 18 heavy (non-hydrogen) atoms. The second-order valence-corrected chi connectivity index (χ2v) is 4.45. The molecule has 0 bridgehead atoms. The first-order valence-corrected chi connectivity index (χ1v) is 6.29. The van der Waals surface area contributed by atoms with Crippen LogP contribution in [0.15, 0.2) is 48.1 Å². The third-order valence-corrected chi connectivity index (χ3v) is 3.19. The van der Waals surface area contributed by atoms with Crippen molar-refractivity contribution < 1.29 is 4.79 Å². The van der Waals surface area contributed by atoms with Crippen LogP contribution >= 0.6 is 11.8 Å². The smallest absolute Gasteiger partial charge is 0.293 e. The molecule has 2 aromatic rings. The number of anilines is 1. The van der Waals surface area contributed by atoms with Crippen molar-refractivity contribution in [3.8, 4) is 0 Å². The molecule has 0 saturated heterocycles. The zero-order valence-electron chi connectivity index (χ0n) is 9.59. The summed E-state index contributed by atoms with van der Waals surface area (Å²) >= 11 is 1.61. The van der Waals surface area contributed by atoms with Crippen molar-refractivity contribution in [1.82, 2.24) is 15.2 Å². The molecule has 0 fully saturated rings. The Balaban J connectivity index is 2.13. The number of thioether (sulfide) groups is 1. The van der Waals surface area contributed by atoms with Crippen LogP contribution in [0.1, 0.15) is 10.6 Å². The lowest BCUT2D eigenvalue weighted by Gasteiger charge is -2.08. The second kappa shape index (κ2) is 6.02. The van der Waals surface area contributed by atoms with Gasteiger partial charge in [-0.15, -0.1) is 18.3 Å². The topological polar surface area (TPSA) is 70.7 Å². The number of benzene rings is 1. The number of H-pyrrole nitrogens is 1. The van der Waals surface area contributed by atoms with E-state index in [0.29, 0.717) is 0 Å². The Morgan fingerprint density at radius 2 is 2.33 bits per heavy atom. The Labute approximate surface area is 109 Å². The highest BCUT2D eigenvalue weighted by atomic mass is 32.2. The van der Waals surface area contributed by atoms with E-state index in [1.54, 1.807) is 11.8 Å². The van der Waals surface area contributed by atoms with Crippen LogP contribution < -0.4 is 5.32 Å². The number of aromatic amines is 1. The van der Waals surface area contributed by atoms with Gasteiger partial charge >= 0.3 is 0 Å². The molecular weight excluding hydrogens is 248 g/mol. The Morgan fingerprint density at radius 1 is 1.50 bits per heavy atom. The van der Waals surface area contributed by atoms with Crippen LogP contribution in [0.3, 0.4) is 0 Å². The summed E-state index contributed by atoms with van der Waals surface area (Å²) in [4.78, 5) is 16.6. The predicted octanol–water partition coefficient (Wildman–Crippen LogP) is 2.34. The number of para-hydroxylation sites is 1. The summed E-state index contributed by atoms with van der Waals surface area (Å²) in [6.45, 7) is 3.68. The molecule has 1 amide bonds. The van der Waals surface area contributed by atoms with Gasteiger partial charge in [0.1, 0.15) is 6.33 Å². The minimum Gasteiger partial charge on any atom is -0.318 e. The van der Waals surface area contributed by atoms with Crippen LogP contribution in [0, 0.1) is 0 Å². The zero-order valence-corrected chi connectivity index (χ0v) is 10.4. The normalized spacial score (nSPS) is 10.0. The van der Waals surface area contributed by atoms with Crippen molar-refractivity contribution in [2.24, 2.45) is 0 Å². The van der Waals surface area contributed by atoms with Gasteiger partial charge in [0.25, 0.3) is 5.91 Å². The molecule has 0 unspecified atom stereocenters. The number of carbonyl (C=O) groups is 1. The predicted molar refractivity (Wildman–Crippen MR) is 71.7 cm³/mol. The molecule has 6 heteroatoms. The Morgan fingerprint density at radius 3 is 3.06 bits per heavy atom. The Kier molecular flexibility index (Phi) is 4.14. The monoisotopic (exact) mass is 260 g/mol. The fraction of sp³-hybridized carbons (Fsp3) is 0.0833. The maximum absolute atomic E-state index is 11.8. The molecule has 1 aromatic carbocycles. The highest BCUT2D eigenvalue weighted by molar-refractivity contribution is 7.99. The summed E-state index contributed by atoms with van der Waals surface area (Å²) < 4.78 is 0. The Bertz CT molecular complexity index is 539. The van der Waals surface area contributed by atoms with E-state index in [0.717, 1.165) is 16.3 Å². The van der Waals surface area contributed by atoms with Gasteiger partial charge in [-0.2, -0.15) is 5.10 Å². The third kappa shape index (κ3) is 2.98. The van der Waals surface area contributed by atoms with Crippen molar-refractivity contribution in [1.29, 1.82) is 0 Å². The molecule has 0 saturated carbocycles. The molecule has 0 atom stereocenters. The van der Waals surface area contributed by atoms with Crippen molar-refractivity contribution >= 4 is 23.4 Å². The van der Waals surface area contributed by atoms with Crippen molar-refractivity contribution in [3.63, 3.8) is 0 Å². The van der Waals surface area contributed by atoms with Gasteiger partial charge in [-0.25, -0.2) is 4.98 Å². The van der Waals surface area contributed by atoms with Crippen LogP contribution in [0.2, 0.25) is 0 Å². The summed E-state index contributed by atoms with van der Waals surface area (Å²) in [7, 11) is 0. The number of nitrogens with one attached hydrogen (secondary N) is 2. The first-order chi connectivity index (χ1) is 8.81. The summed E-state index contributed by atoms with van der Waals surface area (Å²) in [6.07, 6.45) is 3.12. The SMILES string of the molecule is C=CCSc1ccccc1NC(=O)c1ncn[nH]1. The largest absolute Gasteiger partial charge is 0.318 e. The summed E-state index contributed by atoms with van der Waals surface area (Å²) in [5.41, 5.74) is 0.755. The van der Waals surface area contributed by atoms with Gasteiger partial charge in [0.2, 0.25) is 5.82 Å². The van der Waals surface area contributed by atoms with Gasteiger partial charge in [-0.1, -0.05) is 18.2 Å². The van der Waals surface area contributed by atoms with E-state index in [4.69, 9.17) is 0 Å². The quantitative estimate of drug-likeness (QED) is 0.639. The van der Waals surface area contributed by atoms with E-state index >= 15 is 0 Å². The van der Waals surface area contributed by atoms with E-state index in [1.165, 1.54) is 6.33 Å². The van der Waals surface area contributed by atoms with Gasteiger partial charge in [0.15, 0.2) is 0 Å². The van der Waals surface area contributed by atoms with Crippen LogP contribution in [-0.4, -0.2) is 26.8 Å². The van der Waals surface area contributed by atoms with Gasteiger partial charge in [0, 0.05) is 10.6 Å². The summed E-state index contributed by atoms with van der Waals surface area (Å²) in [5.74, 6) is 0.674. The summed E-state index contributed by atoms with van der Waals surface area (Å²) in [6, 6.07) is 7.59. The molecule has 1 aromatic heterocycles.